The molecule has 1 rings (SSSR count). The second-order valence-electron chi connectivity index (χ2n) is 4.54. The molecule has 3 nitrogen and oxygen atoms in total. The number of likely N-dealkylation sites (N-methyl/N-ethyl adjacent to an activating group) is 2. The van der Waals surface area contributed by atoms with Crippen LogP contribution in [0.5, 0.6) is 0 Å². The first-order valence-electron chi connectivity index (χ1n) is 6.54. The molecule has 0 N–H and O–H groups in total. The molecule has 0 aromatic carbocycles. The summed E-state index contributed by atoms with van der Waals surface area (Å²) in [5, 5.41) is 0. The van der Waals surface area contributed by atoms with Gasteiger partial charge in [0.25, 0.3) is 0 Å². The molecule has 0 spiro atoms. The number of hydrogen-bond donors (Lipinski definition) is 0. The summed E-state index contributed by atoms with van der Waals surface area (Å²) in [7, 11) is 6.46. The summed E-state index contributed by atoms with van der Waals surface area (Å²) in [5.41, 5.74) is 4.00. The molecule has 0 atom stereocenters. The first-order valence-corrected chi connectivity index (χ1v) is 6.54. The van der Waals surface area contributed by atoms with Crippen LogP contribution in [0, 0.1) is 6.08 Å². The van der Waals surface area contributed by atoms with Crippen molar-refractivity contribution in [1.82, 2.24) is 14.7 Å². The van der Waals surface area contributed by atoms with Gasteiger partial charge in [0.05, 0.1) is 0 Å². The van der Waals surface area contributed by atoms with Crippen molar-refractivity contribution >= 4 is 0 Å². The average molecular weight is 328 g/mol. The molecule has 1 aliphatic carbocycles. The summed E-state index contributed by atoms with van der Waals surface area (Å²) in [6.45, 7) is 9.66. The zero-order valence-electron chi connectivity index (χ0n) is 12.7. The van der Waals surface area contributed by atoms with Crippen molar-refractivity contribution < 1.29 is 26.2 Å². The van der Waals surface area contributed by atoms with E-state index in [1.807, 2.05) is 0 Å². The number of rotatable bonds is 6. The first kappa shape index (κ1) is 17.8. The normalized spacial score (nSPS) is 14.2. The van der Waals surface area contributed by atoms with E-state index in [2.05, 4.69) is 62.7 Å². The van der Waals surface area contributed by atoms with Gasteiger partial charge in [0.1, 0.15) is 0 Å². The van der Waals surface area contributed by atoms with Crippen LogP contribution in [0.4, 0.5) is 0 Å². The van der Waals surface area contributed by atoms with Crippen molar-refractivity contribution in [3.05, 3.63) is 23.2 Å². The van der Waals surface area contributed by atoms with E-state index < -0.39 is 0 Å². The van der Waals surface area contributed by atoms with Gasteiger partial charge >= 0.3 is 0 Å². The Bertz CT molecular complexity index is 323. The maximum atomic E-state index is 3.52. The van der Waals surface area contributed by atoms with E-state index in [1.165, 1.54) is 17.1 Å². The third-order valence-electron chi connectivity index (χ3n) is 3.57. The molecule has 0 bridgehead atoms. The summed E-state index contributed by atoms with van der Waals surface area (Å²) in [5.74, 6) is 0. The average Bonchev–Trinajstić information content (AvgIpc) is 2.80. The molecule has 18 heavy (non-hydrogen) atoms. The van der Waals surface area contributed by atoms with Gasteiger partial charge in [-0.25, -0.2) is 6.08 Å². The molecule has 0 heterocycles. The van der Waals surface area contributed by atoms with Gasteiger partial charge in [-0.3, -0.25) is 0 Å². The third-order valence-corrected chi connectivity index (χ3v) is 3.57. The Morgan fingerprint density at radius 2 is 1.39 bits per heavy atom. The maximum absolute atomic E-state index is 3.52. The second kappa shape index (κ2) is 8.04. The van der Waals surface area contributed by atoms with Gasteiger partial charge in [-0.15, -0.1) is 5.70 Å². The monoisotopic (exact) mass is 326 g/mol. The fourth-order valence-electron chi connectivity index (χ4n) is 2.01. The minimum Gasteiger partial charge on any atom is -0.448 e. The predicted molar refractivity (Wildman–Crippen MR) is 73.3 cm³/mol. The van der Waals surface area contributed by atoms with E-state index in [-0.39, 0.29) is 26.2 Å². The van der Waals surface area contributed by atoms with Crippen LogP contribution in [0.1, 0.15) is 27.2 Å². The topological polar surface area (TPSA) is 9.72 Å². The Balaban J connectivity index is 0.00000289. The SMILES string of the molecule is CCN(C)C1=[C-]CC(N(C)CC)=C1N(C)CC.[Zr]. The molecule has 0 amide bonds. The van der Waals surface area contributed by atoms with Gasteiger partial charge in [0.15, 0.2) is 0 Å². The van der Waals surface area contributed by atoms with Crippen molar-refractivity contribution in [3.63, 3.8) is 0 Å². The number of nitrogens with zero attached hydrogens (tertiary/aromatic N) is 3. The zero-order valence-corrected chi connectivity index (χ0v) is 15.1. The molecule has 0 aromatic heterocycles. The largest absolute Gasteiger partial charge is 0.448 e. The fourth-order valence-corrected chi connectivity index (χ4v) is 2.01. The van der Waals surface area contributed by atoms with Crippen LogP contribution in [0.2, 0.25) is 0 Å². The predicted octanol–water partition coefficient (Wildman–Crippen LogP) is 2.14. The van der Waals surface area contributed by atoms with E-state index in [0.717, 1.165) is 26.1 Å². The van der Waals surface area contributed by atoms with Gasteiger partial charge in [-0.2, -0.15) is 0 Å². The Morgan fingerprint density at radius 1 is 0.889 bits per heavy atom. The van der Waals surface area contributed by atoms with Crippen LogP contribution in [0.25, 0.3) is 0 Å². The molecular formula is C14H26N3Zr-. The molecule has 0 fully saturated rings. The number of allylic oxidation sites excluding steroid dienone is 1. The van der Waals surface area contributed by atoms with E-state index >= 15 is 0 Å². The van der Waals surface area contributed by atoms with Crippen LogP contribution in [0.15, 0.2) is 17.1 Å². The van der Waals surface area contributed by atoms with Crippen LogP contribution in [-0.4, -0.2) is 55.5 Å². The van der Waals surface area contributed by atoms with Crippen molar-refractivity contribution in [3.8, 4) is 0 Å². The van der Waals surface area contributed by atoms with E-state index in [0.29, 0.717) is 0 Å². The van der Waals surface area contributed by atoms with Crippen LogP contribution < -0.4 is 0 Å². The van der Waals surface area contributed by atoms with Crippen molar-refractivity contribution in [1.29, 1.82) is 0 Å². The van der Waals surface area contributed by atoms with Crippen molar-refractivity contribution in [2.45, 2.75) is 27.2 Å². The molecule has 0 unspecified atom stereocenters. The maximum Gasteiger partial charge on any atom is 0.0128 e. The van der Waals surface area contributed by atoms with Gasteiger partial charge in [-0.05, 0) is 34.4 Å². The van der Waals surface area contributed by atoms with Crippen LogP contribution in [0.3, 0.4) is 0 Å². The zero-order chi connectivity index (χ0) is 13.0. The molecular weight excluding hydrogens is 301 g/mol. The summed E-state index contributed by atoms with van der Waals surface area (Å²) in [6.07, 6.45) is 4.46. The smallest absolute Gasteiger partial charge is 0.0128 e. The van der Waals surface area contributed by atoms with E-state index in [4.69, 9.17) is 0 Å². The fraction of sp³-hybridized carbons (Fsp3) is 0.714. The summed E-state index contributed by atoms with van der Waals surface area (Å²) < 4.78 is 0. The third kappa shape index (κ3) is 3.63. The van der Waals surface area contributed by atoms with Gasteiger partial charge < -0.3 is 14.7 Å². The molecule has 0 saturated heterocycles. The Labute approximate surface area is 132 Å². The van der Waals surface area contributed by atoms with Crippen molar-refractivity contribution in [2.75, 3.05) is 40.8 Å². The summed E-state index contributed by atoms with van der Waals surface area (Å²) >= 11 is 0. The first-order chi connectivity index (χ1) is 8.06. The quantitative estimate of drug-likeness (QED) is 0.692. The molecule has 102 valence electrons. The van der Waals surface area contributed by atoms with Gasteiger partial charge in [-0.1, -0.05) is 17.8 Å². The standard InChI is InChI=1S/C14H26N3.Zr/c1-7-15(4)12-10-11-13(16(5)8-2)14(12)17(6)9-3;/h7-10H2,1-6H3;/q-1;. The van der Waals surface area contributed by atoms with Crippen LogP contribution in [-0.2, 0) is 26.2 Å². The van der Waals surface area contributed by atoms with E-state index in [9.17, 15) is 0 Å². The van der Waals surface area contributed by atoms with Gasteiger partial charge in [0.2, 0.25) is 0 Å². The van der Waals surface area contributed by atoms with Crippen LogP contribution >= 0.6 is 0 Å². The Hall–Kier alpha value is -0.237. The summed E-state index contributed by atoms with van der Waals surface area (Å²) in [4.78, 5) is 6.92. The van der Waals surface area contributed by atoms with Crippen molar-refractivity contribution in [2.24, 2.45) is 0 Å². The molecule has 0 saturated carbocycles. The minimum atomic E-state index is 0. The number of hydrogen-bond acceptors (Lipinski definition) is 3. The molecule has 0 aliphatic heterocycles. The molecule has 4 heteroatoms. The summed E-state index contributed by atoms with van der Waals surface area (Å²) in [6, 6.07) is 0. The van der Waals surface area contributed by atoms with E-state index in [1.54, 1.807) is 0 Å². The second-order valence-corrected chi connectivity index (χ2v) is 4.54. The Kier molecular flexibility index (Phi) is 7.93. The van der Waals surface area contributed by atoms with Gasteiger partial charge in [0, 0.05) is 53.4 Å². The minimum absolute atomic E-state index is 0. The molecule has 1 aliphatic rings. The molecule has 0 radical (unpaired) electrons. The molecule has 0 aromatic rings. The Morgan fingerprint density at radius 3 is 1.83 bits per heavy atom.